The molecule has 686 valence electrons. The number of unbranched alkanes of at least 4 members (excludes halogenated alkanes) is 5. The molecule has 7 aromatic rings. The molecule has 0 radical (unpaired) electrons. The minimum atomic E-state index is -2.45. The summed E-state index contributed by atoms with van der Waals surface area (Å²) in [6, 6.07) is 4.87. The number of carbonyl (C=O) groups excluding carboxylic acids is 8. The number of hydrogen-bond donors (Lipinski definition) is 21. The van der Waals surface area contributed by atoms with Crippen LogP contribution in [-0.4, -0.2) is 228 Å². The van der Waals surface area contributed by atoms with E-state index in [0.29, 0.717) is 25.3 Å². The number of aliphatic hydroxyl groups excluding tert-OH is 7. The second-order valence-electron chi connectivity index (χ2n) is 32.3. The summed E-state index contributed by atoms with van der Waals surface area (Å²) in [6.45, 7) is 3.61. The Morgan fingerprint density at radius 2 is 1.15 bits per heavy atom. The summed E-state index contributed by atoms with van der Waals surface area (Å²) in [5, 5.41) is 161. The van der Waals surface area contributed by atoms with E-state index in [1.54, 1.807) is 19.0 Å². The van der Waals surface area contributed by atoms with Crippen LogP contribution in [-0.2, 0) is 52.6 Å². The van der Waals surface area contributed by atoms with Crippen LogP contribution in [0.3, 0.4) is 0 Å². The van der Waals surface area contributed by atoms with E-state index in [1.165, 1.54) is 49.5 Å². The van der Waals surface area contributed by atoms with Gasteiger partial charge < -0.3 is 147 Å². The SMILES string of the molecule is CN[C@H]1C(=O)N[C@H]2C(=O)N[C@H](C(=O)N[C@H]3C(=O)N[C@H]4C(=O)N[C@H](C(=O)N[C@H](C(=O)NCCCN(C)C)c5cc(O)cc(O[C@H]6O[C@H](CO)[C@@H](O)[C@H](O)[C@@H]6O)c5-c5cc4ccc5O)[C@H](O)c4ccc(c(Cl)c4)Oc4cc3cc(c4O[C@@H]3O[C@H](C(=O)O)[C@@H](O)[C@H](O)[C@H]3NC(=O)CCCCCCCCC(C)C)Oc3ccc2cc3)c2cc(cc(O)c2Cl)Oc2cc1ccc2O.Cl. The molecule has 2 saturated heterocycles. The van der Waals surface area contributed by atoms with E-state index < -0.39 is 265 Å². The molecule has 128 heavy (non-hydrogen) atoms. The van der Waals surface area contributed by atoms with Crippen molar-refractivity contribution in [2.24, 2.45) is 5.92 Å². The third-order valence-corrected chi connectivity index (χ3v) is 23.2. The molecule has 17 bridgehead atoms. The number of fused-ring (bicyclic) bond motifs is 14. The number of phenols is 4. The molecule has 8 aliphatic heterocycles. The number of hydrogen-bond acceptors (Lipinski definition) is 29. The monoisotopic (exact) mass is 1840 g/mol. The molecule has 8 aliphatic rings. The number of halogens is 3. The van der Waals surface area contributed by atoms with Gasteiger partial charge in [0, 0.05) is 41.8 Å². The molecule has 38 nitrogen and oxygen atoms in total. The predicted molar refractivity (Wildman–Crippen MR) is 455 cm³/mol. The van der Waals surface area contributed by atoms with Gasteiger partial charge in [-0.05, 0) is 153 Å². The van der Waals surface area contributed by atoms with Gasteiger partial charge in [0.2, 0.25) is 65.6 Å². The number of benzene rings is 7. The number of amides is 8. The average Bonchev–Trinajstić information content (AvgIpc) is 0.774. The first-order valence-electron chi connectivity index (χ1n) is 41.0. The van der Waals surface area contributed by atoms with Crippen LogP contribution in [0.4, 0.5) is 0 Å². The van der Waals surface area contributed by atoms with Crippen molar-refractivity contribution < 1.29 is 138 Å². The van der Waals surface area contributed by atoms with Crippen molar-refractivity contribution >= 4 is 88.8 Å². The summed E-state index contributed by atoms with van der Waals surface area (Å²) in [5.41, 5.74) is -3.05. The molecule has 0 saturated carbocycles. The molecule has 41 heteroatoms. The Balaban J connectivity index is 0.0000149. The molecule has 8 amide bonds. The normalized spacial score (nSPS) is 25.7. The van der Waals surface area contributed by atoms with Crippen molar-refractivity contribution in [2.45, 2.75) is 181 Å². The number of aliphatic hydroxyl groups is 7. The van der Waals surface area contributed by atoms with Crippen LogP contribution >= 0.6 is 35.6 Å². The van der Waals surface area contributed by atoms with Crippen molar-refractivity contribution in [1.29, 1.82) is 0 Å². The van der Waals surface area contributed by atoms with Crippen molar-refractivity contribution in [1.82, 2.24) is 52.8 Å². The number of carboxylic acid groups (broad SMARTS) is 1. The number of ether oxygens (including phenoxy) is 7. The van der Waals surface area contributed by atoms with E-state index >= 15 is 28.8 Å². The zero-order valence-corrected chi connectivity index (χ0v) is 71.8. The molecule has 0 aliphatic carbocycles. The lowest BCUT2D eigenvalue weighted by molar-refractivity contribution is -0.277. The van der Waals surface area contributed by atoms with Crippen LogP contribution in [0, 0.1) is 5.92 Å². The van der Waals surface area contributed by atoms with Gasteiger partial charge >= 0.3 is 5.97 Å². The highest BCUT2D eigenvalue weighted by molar-refractivity contribution is 6.33. The molecule has 7 aromatic carbocycles. The van der Waals surface area contributed by atoms with Crippen LogP contribution in [0.2, 0.25) is 10.0 Å². The smallest absolute Gasteiger partial charge is 0.335 e. The first-order valence-corrected chi connectivity index (χ1v) is 41.8. The minimum Gasteiger partial charge on any atom is -0.508 e. The van der Waals surface area contributed by atoms with Crippen molar-refractivity contribution in [3.63, 3.8) is 0 Å². The molecular weight excluding hydrogens is 1740 g/mol. The second kappa shape index (κ2) is 41.2. The molecule has 18 atom stereocenters. The Morgan fingerprint density at radius 3 is 1.83 bits per heavy atom. The molecule has 21 N–H and O–H groups in total. The first-order chi connectivity index (χ1) is 60.6. The van der Waals surface area contributed by atoms with Crippen molar-refractivity contribution in [3.8, 4) is 80.1 Å². The van der Waals surface area contributed by atoms with Crippen LogP contribution in [0.25, 0.3) is 11.1 Å². The van der Waals surface area contributed by atoms with E-state index in [9.17, 15) is 75.7 Å². The van der Waals surface area contributed by atoms with Gasteiger partial charge in [0.1, 0.15) is 131 Å². The fourth-order valence-corrected chi connectivity index (χ4v) is 16.2. The average molecular weight is 1840 g/mol. The molecule has 0 unspecified atom stereocenters. The Labute approximate surface area is 747 Å². The highest BCUT2D eigenvalue weighted by Gasteiger charge is 2.52. The predicted octanol–water partition coefficient (Wildman–Crippen LogP) is 4.72. The maximum atomic E-state index is 16.8. The van der Waals surface area contributed by atoms with Gasteiger partial charge in [-0.2, -0.15) is 0 Å². The van der Waals surface area contributed by atoms with Gasteiger partial charge in [-0.1, -0.05) is 106 Å². The van der Waals surface area contributed by atoms with Gasteiger partial charge in [0.25, 0.3) is 0 Å². The molecule has 2 fully saturated rings. The van der Waals surface area contributed by atoms with E-state index in [0.717, 1.165) is 105 Å². The van der Waals surface area contributed by atoms with Crippen LogP contribution in [0.15, 0.2) is 115 Å². The third-order valence-electron chi connectivity index (χ3n) is 22.5. The lowest BCUT2D eigenvalue weighted by Crippen LogP contribution is -2.66. The zero-order chi connectivity index (χ0) is 91.3. The van der Waals surface area contributed by atoms with Crippen molar-refractivity contribution in [3.05, 3.63) is 164 Å². The van der Waals surface area contributed by atoms with Crippen LogP contribution < -0.4 is 71.5 Å². The maximum Gasteiger partial charge on any atom is 0.335 e. The quantitative estimate of drug-likeness (QED) is 0.0408. The molecule has 15 rings (SSSR count). The number of nitrogens with zero attached hydrogens (tertiary/aromatic N) is 1. The number of aliphatic carboxylic acids is 1. The van der Waals surface area contributed by atoms with E-state index in [1.807, 2.05) is 0 Å². The molecule has 8 heterocycles. The van der Waals surface area contributed by atoms with Gasteiger partial charge in [-0.3, -0.25) is 38.4 Å². The van der Waals surface area contributed by atoms with E-state index in [2.05, 4.69) is 61.7 Å². The number of likely N-dealkylation sites (N-methyl/N-ethyl adjacent to an activating group) is 1. The fraction of sp³-hybridized carbons (Fsp3) is 0.414. The Kier molecular flexibility index (Phi) is 30.8. The number of nitrogens with one attached hydrogen (secondary N) is 9. The summed E-state index contributed by atoms with van der Waals surface area (Å²) in [6.07, 6.45) is -15.5. The van der Waals surface area contributed by atoms with Crippen molar-refractivity contribution in [2.75, 3.05) is 40.8 Å². The van der Waals surface area contributed by atoms with Gasteiger partial charge in [0.05, 0.1) is 16.7 Å². The fourth-order valence-electron chi connectivity index (χ4n) is 15.8. The van der Waals surface area contributed by atoms with Gasteiger partial charge in [-0.25, -0.2) is 4.79 Å². The first kappa shape index (κ1) is 95.5. The highest BCUT2D eigenvalue weighted by Crippen LogP contribution is 2.51. The number of phenolic OH excluding ortho intramolecular Hbond substituents is 4. The minimum absolute atomic E-state index is 0. The summed E-state index contributed by atoms with van der Waals surface area (Å²) in [4.78, 5) is 140. The van der Waals surface area contributed by atoms with Crippen LogP contribution in [0.5, 0.6) is 69.0 Å². The number of aromatic hydroxyl groups is 4. The third kappa shape index (κ3) is 21.2. The molecule has 0 spiro atoms. The Bertz CT molecular complexity index is 5330. The van der Waals surface area contributed by atoms with E-state index in [-0.39, 0.29) is 65.7 Å². The van der Waals surface area contributed by atoms with Gasteiger partial charge in [0.15, 0.2) is 29.1 Å². The number of rotatable bonds is 22. The zero-order valence-electron chi connectivity index (χ0n) is 69.4. The Hall–Kier alpha value is -11.6. The molecule has 0 aromatic heterocycles. The largest absolute Gasteiger partial charge is 0.508 e. The maximum absolute atomic E-state index is 16.8. The Morgan fingerprint density at radius 1 is 0.539 bits per heavy atom. The lowest BCUT2D eigenvalue weighted by Gasteiger charge is -2.41. The standard InChI is InChI=1S/C87H98Cl2N10O28.ClH/c1-37(2)13-10-8-6-7-9-11-14-59(105)92-69-72(108)74(110)77(85(119)120)127-86(69)126-76-56-30-42-31-57(76)123-53-24-19-41(28-49(53)88)70(106)68-84(118)96-66(78(112)91-25-12-26-99(4)5)47-32-43(101)33-55(124-87-75(111)73(109)71(107)58(36-100)125-87)60(47)46-27-39(17-22-50(46)102)64(81(115)98-68)94-82(116)65(42)95-83(117)67-48-34-45(35-52(104)61(48)89)122-54-29-40(18-23-51(54)103)62(90-3)79(113)93-63(80(114)97-67)38-15-20-44(121-56)21-16-38;/h15-24,27-35,37,58,62-75,77,86-87,90,100-104,106-111H,6-14,25-26,36H2,1-5H3,(H,91,112)(H,92,105)(H,93,113)(H,94,116)(H,95,117)(H,96,118)(H,97,114)(H,98,115)(H,119,120);1H/t58-,62-,63-,64-,65-,66+,67+,68+,69-,70-,71-,72-,73+,74+,75+,77+,86-,87+;/m1./s1. The topological polar surface area (TPSA) is 573 Å². The van der Waals surface area contributed by atoms with Gasteiger partial charge in [-0.15, -0.1) is 12.4 Å². The highest BCUT2D eigenvalue weighted by atomic mass is 35.5. The summed E-state index contributed by atoms with van der Waals surface area (Å²) in [5.74, 6) is -17.8. The van der Waals surface area contributed by atoms with Crippen LogP contribution in [0.1, 0.15) is 153 Å². The summed E-state index contributed by atoms with van der Waals surface area (Å²) < 4.78 is 44.4. The molecular formula is C87H99Cl3N10O28. The second-order valence-corrected chi connectivity index (χ2v) is 33.1. The number of carbonyl (C=O) groups is 9. The summed E-state index contributed by atoms with van der Waals surface area (Å²) >= 11 is 14.3. The lowest BCUT2D eigenvalue weighted by atomic mass is 9.89. The summed E-state index contributed by atoms with van der Waals surface area (Å²) in [7, 11) is 4.94. The van der Waals surface area contributed by atoms with E-state index in [4.69, 9.17) is 56.4 Å². The number of carboxylic acids is 1.